The number of aliphatic hydroxyl groups is 1. The molecule has 1 saturated heterocycles. The summed E-state index contributed by atoms with van der Waals surface area (Å²) >= 11 is 0. The van der Waals surface area contributed by atoms with Crippen molar-refractivity contribution in [3.05, 3.63) is 34.4 Å². The van der Waals surface area contributed by atoms with Crippen LogP contribution >= 0.6 is 0 Å². The normalized spacial score (nSPS) is 22.1. The number of hydrogen-bond donors (Lipinski definition) is 1. The molecule has 1 heterocycles. The molecule has 1 fully saturated rings. The fourth-order valence-electron chi connectivity index (χ4n) is 1.89. The van der Waals surface area contributed by atoms with E-state index in [-0.39, 0.29) is 6.10 Å². The molecule has 0 spiro atoms. The van der Waals surface area contributed by atoms with Crippen LogP contribution in [0.2, 0.25) is 0 Å². The average molecular weight is 192 g/mol. The Morgan fingerprint density at radius 1 is 1.36 bits per heavy atom. The van der Waals surface area contributed by atoms with Crippen LogP contribution in [-0.2, 0) is 4.74 Å². The van der Waals surface area contributed by atoms with Crippen LogP contribution in [0.3, 0.4) is 0 Å². The summed E-state index contributed by atoms with van der Waals surface area (Å²) in [6.07, 6.45) is -0.0837. The van der Waals surface area contributed by atoms with E-state index in [0.717, 1.165) is 17.7 Å². The summed E-state index contributed by atoms with van der Waals surface area (Å²) in [5, 5.41) is 9.54. The first-order valence-corrected chi connectivity index (χ1v) is 5.00. The van der Waals surface area contributed by atoms with E-state index in [2.05, 4.69) is 19.1 Å². The third-order valence-electron chi connectivity index (χ3n) is 2.79. The Balaban J connectivity index is 2.43. The van der Waals surface area contributed by atoms with Crippen LogP contribution in [0, 0.1) is 13.8 Å². The van der Waals surface area contributed by atoms with Crippen molar-refractivity contribution in [2.24, 2.45) is 0 Å². The fourth-order valence-corrected chi connectivity index (χ4v) is 1.89. The quantitative estimate of drug-likeness (QED) is 0.730. The Bertz CT molecular complexity index is 324. The fraction of sp³-hybridized carbons (Fsp3) is 0.500. The zero-order valence-corrected chi connectivity index (χ0v) is 8.87. The molecular formula is C12H16O2. The molecular weight excluding hydrogens is 176 g/mol. The molecule has 0 saturated carbocycles. The minimum atomic E-state index is -0.386. The summed E-state index contributed by atoms with van der Waals surface area (Å²) in [4.78, 5) is 0. The highest BCUT2D eigenvalue weighted by atomic mass is 16.6. The molecule has 1 N–H and O–H groups in total. The average Bonchev–Trinajstić information content (AvgIpc) is 2.91. The molecule has 1 aliphatic rings. The third-order valence-corrected chi connectivity index (χ3v) is 2.79. The smallest absolute Gasteiger partial charge is 0.106 e. The number of aryl methyl sites for hydroxylation is 2. The number of aliphatic hydroxyl groups excluding tert-OH is 1. The van der Waals surface area contributed by atoms with Crippen LogP contribution in [0.5, 0.6) is 0 Å². The molecule has 0 amide bonds. The molecule has 2 unspecified atom stereocenters. The number of epoxide rings is 1. The molecule has 2 rings (SSSR count). The number of hydrogen-bond acceptors (Lipinski definition) is 2. The lowest BCUT2D eigenvalue weighted by Crippen LogP contribution is -1.98. The van der Waals surface area contributed by atoms with Crippen molar-refractivity contribution >= 4 is 0 Å². The van der Waals surface area contributed by atoms with Gasteiger partial charge in [-0.15, -0.1) is 0 Å². The van der Waals surface area contributed by atoms with Crippen molar-refractivity contribution in [1.82, 2.24) is 0 Å². The zero-order valence-electron chi connectivity index (χ0n) is 8.87. The molecule has 0 bridgehead atoms. The van der Waals surface area contributed by atoms with Gasteiger partial charge in [-0.25, -0.2) is 0 Å². The van der Waals surface area contributed by atoms with Gasteiger partial charge < -0.3 is 9.84 Å². The summed E-state index contributed by atoms with van der Waals surface area (Å²) in [6.45, 7) is 6.75. The Labute approximate surface area is 84.5 Å². The van der Waals surface area contributed by atoms with Crippen molar-refractivity contribution < 1.29 is 9.84 Å². The first-order chi connectivity index (χ1) is 6.59. The predicted octanol–water partition coefficient (Wildman–Crippen LogP) is 2.43. The van der Waals surface area contributed by atoms with Gasteiger partial charge in [0.05, 0.1) is 12.7 Å². The summed E-state index contributed by atoms with van der Waals surface area (Å²) in [7, 11) is 0. The summed E-state index contributed by atoms with van der Waals surface area (Å²) in [6, 6.07) is 4.20. The third kappa shape index (κ3) is 1.68. The van der Waals surface area contributed by atoms with Crippen LogP contribution < -0.4 is 0 Å². The summed E-state index contributed by atoms with van der Waals surface area (Å²) in [5.74, 6) is 0. The Morgan fingerprint density at radius 3 is 2.50 bits per heavy atom. The highest BCUT2D eigenvalue weighted by Gasteiger charge is 2.27. The van der Waals surface area contributed by atoms with E-state index in [4.69, 9.17) is 4.74 Å². The molecule has 2 heteroatoms. The van der Waals surface area contributed by atoms with E-state index in [1.807, 2.05) is 6.92 Å². The highest BCUT2D eigenvalue weighted by Crippen LogP contribution is 2.34. The molecule has 0 radical (unpaired) electrons. The SMILES string of the molecule is Cc1cc(C2CO2)c(C)cc1C(C)O. The van der Waals surface area contributed by atoms with Crippen molar-refractivity contribution in [2.45, 2.75) is 33.0 Å². The van der Waals surface area contributed by atoms with Crippen LogP contribution in [0.4, 0.5) is 0 Å². The van der Waals surface area contributed by atoms with Gasteiger partial charge in [-0.05, 0) is 43.0 Å². The molecule has 0 aromatic heterocycles. The molecule has 76 valence electrons. The topological polar surface area (TPSA) is 32.8 Å². The molecule has 2 nitrogen and oxygen atoms in total. The van der Waals surface area contributed by atoms with E-state index in [1.54, 1.807) is 6.92 Å². The van der Waals surface area contributed by atoms with Crippen molar-refractivity contribution in [2.75, 3.05) is 6.61 Å². The Morgan fingerprint density at radius 2 is 2.00 bits per heavy atom. The maximum atomic E-state index is 9.54. The Kier molecular flexibility index (Phi) is 2.33. The van der Waals surface area contributed by atoms with Crippen molar-refractivity contribution in [3.8, 4) is 0 Å². The molecule has 1 aromatic carbocycles. The maximum absolute atomic E-state index is 9.54. The second-order valence-electron chi connectivity index (χ2n) is 4.06. The van der Waals surface area contributed by atoms with Crippen LogP contribution in [0.15, 0.2) is 12.1 Å². The molecule has 0 aliphatic carbocycles. The lowest BCUT2D eigenvalue weighted by atomic mass is 9.96. The molecule has 2 atom stereocenters. The summed E-state index contributed by atoms with van der Waals surface area (Å²) < 4.78 is 5.27. The highest BCUT2D eigenvalue weighted by molar-refractivity contribution is 5.40. The lowest BCUT2D eigenvalue weighted by Gasteiger charge is -2.12. The molecule has 14 heavy (non-hydrogen) atoms. The van der Waals surface area contributed by atoms with Gasteiger partial charge in [0.2, 0.25) is 0 Å². The van der Waals surface area contributed by atoms with Crippen molar-refractivity contribution in [3.63, 3.8) is 0 Å². The first kappa shape index (κ1) is 9.69. The van der Waals surface area contributed by atoms with Crippen molar-refractivity contribution in [1.29, 1.82) is 0 Å². The van der Waals surface area contributed by atoms with E-state index in [0.29, 0.717) is 6.10 Å². The minimum absolute atomic E-state index is 0.303. The summed E-state index contributed by atoms with van der Waals surface area (Å²) in [5.41, 5.74) is 4.66. The standard InChI is InChI=1S/C12H16O2/c1-7-5-11(12-6-14-12)8(2)4-10(7)9(3)13/h4-5,9,12-13H,6H2,1-3H3. The van der Waals surface area contributed by atoms with Crippen LogP contribution in [0.25, 0.3) is 0 Å². The van der Waals surface area contributed by atoms with E-state index in [1.165, 1.54) is 11.1 Å². The number of benzene rings is 1. The molecule has 1 aromatic rings. The second-order valence-corrected chi connectivity index (χ2v) is 4.06. The van der Waals surface area contributed by atoms with Crippen LogP contribution in [-0.4, -0.2) is 11.7 Å². The molecule has 1 aliphatic heterocycles. The van der Waals surface area contributed by atoms with E-state index < -0.39 is 0 Å². The largest absolute Gasteiger partial charge is 0.389 e. The van der Waals surface area contributed by atoms with Gasteiger partial charge in [-0.3, -0.25) is 0 Å². The lowest BCUT2D eigenvalue weighted by molar-refractivity contribution is 0.198. The number of ether oxygens (including phenoxy) is 1. The predicted molar refractivity (Wildman–Crippen MR) is 55.2 cm³/mol. The Hall–Kier alpha value is -0.860. The monoisotopic (exact) mass is 192 g/mol. The zero-order chi connectivity index (χ0) is 10.3. The van der Waals surface area contributed by atoms with Gasteiger partial charge >= 0.3 is 0 Å². The second kappa shape index (κ2) is 3.37. The van der Waals surface area contributed by atoms with Gasteiger partial charge in [0.1, 0.15) is 6.10 Å². The first-order valence-electron chi connectivity index (χ1n) is 5.00. The van der Waals surface area contributed by atoms with E-state index in [9.17, 15) is 5.11 Å². The van der Waals surface area contributed by atoms with Gasteiger partial charge in [-0.2, -0.15) is 0 Å². The van der Waals surface area contributed by atoms with Gasteiger partial charge in [0, 0.05) is 0 Å². The minimum Gasteiger partial charge on any atom is -0.389 e. The van der Waals surface area contributed by atoms with Crippen LogP contribution in [0.1, 0.15) is 41.4 Å². The van der Waals surface area contributed by atoms with Gasteiger partial charge in [0.25, 0.3) is 0 Å². The van der Waals surface area contributed by atoms with Gasteiger partial charge in [-0.1, -0.05) is 12.1 Å². The number of rotatable bonds is 2. The van der Waals surface area contributed by atoms with E-state index >= 15 is 0 Å². The van der Waals surface area contributed by atoms with Gasteiger partial charge in [0.15, 0.2) is 0 Å². The maximum Gasteiger partial charge on any atom is 0.106 e.